The van der Waals surface area contributed by atoms with Crippen LogP contribution in [0, 0.1) is 0 Å². The van der Waals surface area contributed by atoms with Gasteiger partial charge in [-0.2, -0.15) is 0 Å². The summed E-state index contributed by atoms with van der Waals surface area (Å²) in [5.74, 6) is 1.68. The highest BCUT2D eigenvalue weighted by atomic mass is 28.3. The molecule has 1 heterocycles. The zero-order valence-corrected chi connectivity index (χ0v) is 19.9. The molecule has 0 atom stereocenters. The number of hydrogen-bond donors (Lipinski definition) is 0. The molecule has 0 N–H and O–H groups in total. The van der Waals surface area contributed by atoms with Gasteiger partial charge in [-0.15, -0.1) is 0 Å². The molecule has 0 saturated carbocycles. The summed E-state index contributed by atoms with van der Waals surface area (Å²) in [6, 6.07) is 17.5. The molecule has 0 spiro atoms. The second kappa shape index (κ2) is 8.66. The van der Waals surface area contributed by atoms with E-state index in [1.165, 1.54) is 0 Å². The molecule has 0 aliphatic heterocycles. The Hall–Kier alpha value is -2.20. The molecule has 29 heavy (non-hydrogen) atoms. The molecule has 1 aromatic heterocycles. The molecular formula is C25H34N2OSi. The van der Waals surface area contributed by atoms with Gasteiger partial charge in [0.2, 0.25) is 0 Å². The molecule has 3 nitrogen and oxygen atoms in total. The second-order valence-electron chi connectivity index (χ2n) is 8.97. The van der Waals surface area contributed by atoms with Crippen molar-refractivity contribution in [3.05, 3.63) is 54.2 Å². The number of nitrogens with zero attached hydrogens (tertiary/aromatic N) is 2. The topological polar surface area (TPSA) is 35.0 Å². The molecular weight excluding hydrogens is 372 g/mol. The van der Waals surface area contributed by atoms with Crippen LogP contribution in [0.15, 0.2) is 48.5 Å². The Morgan fingerprint density at radius 2 is 1.41 bits per heavy atom. The highest BCUT2D eigenvalue weighted by Crippen LogP contribution is 2.45. The van der Waals surface area contributed by atoms with Gasteiger partial charge in [0, 0.05) is 5.56 Å². The molecule has 0 radical (unpaired) electrons. The Morgan fingerprint density at radius 1 is 0.793 bits per heavy atom. The van der Waals surface area contributed by atoms with Crippen molar-refractivity contribution in [3.8, 4) is 17.1 Å². The van der Waals surface area contributed by atoms with Crippen LogP contribution in [0.1, 0.15) is 47.2 Å². The zero-order valence-electron chi connectivity index (χ0n) is 18.9. The summed E-state index contributed by atoms with van der Waals surface area (Å²) < 4.78 is 5.75. The van der Waals surface area contributed by atoms with Crippen LogP contribution in [-0.2, 0) is 6.04 Å². The molecule has 0 saturated heterocycles. The van der Waals surface area contributed by atoms with Gasteiger partial charge in [-0.3, -0.25) is 0 Å². The van der Waals surface area contributed by atoms with Crippen molar-refractivity contribution in [2.24, 2.45) is 0 Å². The van der Waals surface area contributed by atoms with E-state index in [0.29, 0.717) is 16.6 Å². The predicted octanol–water partition coefficient (Wildman–Crippen LogP) is 7.07. The third-order valence-electron chi connectivity index (χ3n) is 6.71. The van der Waals surface area contributed by atoms with E-state index in [4.69, 9.17) is 14.7 Å². The monoisotopic (exact) mass is 406 g/mol. The minimum atomic E-state index is -1.69. The zero-order chi connectivity index (χ0) is 21.2. The van der Waals surface area contributed by atoms with E-state index in [1.807, 2.05) is 30.3 Å². The Balaban J connectivity index is 2.29. The van der Waals surface area contributed by atoms with Crippen molar-refractivity contribution >= 4 is 19.0 Å². The van der Waals surface area contributed by atoms with E-state index >= 15 is 0 Å². The Labute approximate surface area is 176 Å². The van der Waals surface area contributed by atoms with Crippen LogP contribution in [-0.4, -0.2) is 25.2 Å². The summed E-state index contributed by atoms with van der Waals surface area (Å²) in [6.07, 6.45) is 0. The average Bonchev–Trinajstić information content (AvgIpc) is 2.70. The third kappa shape index (κ3) is 3.95. The number of methoxy groups -OCH3 is 1. The fourth-order valence-electron chi connectivity index (χ4n) is 5.14. The third-order valence-corrected chi connectivity index (χ3v) is 14.1. The van der Waals surface area contributed by atoms with Gasteiger partial charge in [0.25, 0.3) is 0 Å². The molecule has 0 bridgehead atoms. The summed E-state index contributed by atoms with van der Waals surface area (Å²) in [7, 11) is 0.0467. The van der Waals surface area contributed by atoms with Crippen molar-refractivity contribution in [1.29, 1.82) is 0 Å². The van der Waals surface area contributed by atoms with Gasteiger partial charge in [-0.1, -0.05) is 94.6 Å². The summed E-state index contributed by atoms with van der Waals surface area (Å²) >= 11 is 0. The van der Waals surface area contributed by atoms with E-state index in [2.05, 4.69) is 59.7 Å². The Bertz CT molecular complexity index is 945. The fraction of sp³-hybridized carbons (Fsp3) is 0.440. The van der Waals surface area contributed by atoms with Crippen LogP contribution in [0.3, 0.4) is 0 Å². The highest BCUT2D eigenvalue weighted by molar-refractivity contribution is 6.83. The van der Waals surface area contributed by atoms with E-state index in [-0.39, 0.29) is 0 Å². The van der Waals surface area contributed by atoms with Crippen molar-refractivity contribution < 1.29 is 4.74 Å². The van der Waals surface area contributed by atoms with Gasteiger partial charge in [-0.05, 0) is 18.2 Å². The normalized spacial score (nSPS) is 12.3. The van der Waals surface area contributed by atoms with Crippen LogP contribution in [0.25, 0.3) is 22.3 Å². The molecule has 0 aliphatic carbocycles. The number of rotatable bonds is 7. The lowest BCUT2D eigenvalue weighted by atomic mass is 10.1. The first-order chi connectivity index (χ1) is 13.8. The molecule has 0 amide bonds. The number of ether oxygens (including phenoxy) is 1. The highest BCUT2D eigenvalue weighted by Gasteiger charge is 2.43. The van der Waals surface area contributed by atoms with Gasteiger partial charge >= 0.3 is 0 Å². The standard InChI is InChI=1S/C25H34N2OSi/c1-17(2)29(18(3)4,19(5)6)16-22-24-21(14-11-15-23(24)28-7)26-25(27-22)20-12-9-8-10-13-20/h8-15,17-19H,16H2,1-7H3. The summed E-state index contributed by atoms with van der Waals surface area (Å²) in [6.45, 7) is 14.4. The summed E-state index contributed by atoms with van der Waals surface area (Å²) in [4.78, 5) is 10.1. The molecule has 0 fully saturated rings. The lowest BCUT2D eigenvalue weighted by molar-refractivity contribution is 0.419. The molecule has 2 aromatic carbocycles. The molecule has 0 aliphatic rings. The quantitative estimate of drug-likeness (QED) is 0.394. The SMILES string of the molecule is COc1cccc2nc(-c3ccccc3)nc(C[Si](C(C)C)(C(C)C)C(C)C)c12. The second-order valence-corrected chi connectivity index (χ2v) is 15.0. The van der Waals surface area contributed by atoms with E-state index in [0.717, 1.165) is 39.8 Å². The summed E-state index contributed by atoms with van der Waals surface area (Å²) in [5, 5.41) is 1.08. The van der Waals surface area contributed by atoms with E-state index in [1.54, 1.807) is 7.11 Å². The maximum absolute atomic E-state index is 5.75. The predicted molar refractivity (Wildman–Crippen MR) is 126 cm³/mol. The van der Waals surface area contributed by atoms with Crippen molar-refractivity contribution in [2.45, 2.75) is 64.2 Å². The van der Waals surface area contributed by atoms with Crippen molar-refractivity contribution in [1.82, 2.24) is 9.97 Å². The van der Waals surface area contributed by atoms with Gasteiger partial charge < -0.3 is 4.74 Å². The maximum atomic E-state index is 5.75. The van der Waals surface area contributed by atoms with Crippen molar-refractivity contribution in [3.63, 3.8) is 0 Å². The first kappa shape index (κ1) is 21.5. The minimum Gasteiger partial charge on any atom is -0.496 e. The fourth-order valence-corrected chi connectivity index (χ4v) is 11.2. The molecule has 4 heteroatoms. The lowest BCUT2D eigenvalue weighted by Crippen LogP contribution is -2.47. The summed E-state index contributed by atoms with van der Waals surface area (Å²) in [5.41, 5.74) is 5.18. The van der Waals surface area contributed by atoms with Crippen LogP contribution >= 0.6 is 0 Å². The Kier molecular flexibility index (Phi) is 6.42. The van der Waals surface area contributed by atoms with Gasteiger partial charge in [-0.25, -0.2) is 9.97 Å². The van der Waals surface area contributed by atoms with Crippen LogP contribution in [0.5, 0.6) is 5.75 Å². The first-order valence-corrected chi connectivity index (χ1v) is 13.1. The molecule has 3 rings (SSSR count). The number of benzene rings is 2. The van der Waals surface area contributed by atoms with Crippen molar-refractivity contribution in [2.75, 3.05) is 7.11 Å². The first-order valence-electron chi connectivity index (χ1n) is 10.7. The average molecular weight is 407 g/mol. The maximum Gasteiger partial charge on any atom is 0.160 e. The van der Waals surface area contributed by atoms with Gasteiger partial charge in [0.15, 0.2) is 5.82 Å². The Morgan fingerprint density at radius 3 is 1.97 bits per heavy atom. The smallest absolute Gasteiger partial charge is 0.160 e. The molecule has 3 aromatic rings. The van der Waals surface area contributed by atoms with Crippen LogP contribution in [0.2, 0.25) is 16.6 Å². The molecule has 154 valence electrons. The van der Waals surface area contributed by atoms with Gasteiger partial charge in [0.05, 0.1) is 31.8 Å². The van der Waals surface area contributed by atoms with Crippen LogP contribution in [0.4, 0.5) is 0 Å². The van der Waals surface area contributed by atoms with Gasteiger partial charge in [0.1, 0.15) is 5.75 Å². The van der Waals surface area contributed by atoms with E-state index < -0.39 is 8.07 Å². The molecule has 0 unspecified atom stereocenters. The minimum absolute atomic E-state index is 0.669. The number of aromatic nitrogens is 2. The lowest BCUT2D eigenvalue weighted by Gasteiger charge is -2.43. The largest absolute Gasteiger partial charge is 0.496 e. The number of hydrogen-bond acceptors (Lipinski definition) is 3. The van der Waals surface area contributed by atoms with Crippen LogP contribution < -0.4 is 4.74 Å². The van der Waals surface area contributed by atoms with E-state index in [9.17, 15) is 0 Å². The number of fused-ring (bicyclic) bond motifs is 1.